The van der Waals surface area contributed by atoms with Crippen LogP contribution in [0.1, 0.15) is 59.9 Å². The van der Waals surface area contributed by atoms with E-state index in [2.05, 4.69) is 20.9 Å². The lowest BCUT2D eigenvalue weighted by Crippen LogP contribution is -2.58. The van der Waals surface area contributed by atoms with Crippen molar-refractivity contribution in [3.05, 3.63) is 64.2 Å². The lowest BCUT2D eigenvalue weighted by molar-refractivity contribution is -0.133. The van der Waals surface area contributed by atoms with E-state index in [1.807, 2.05) is 31.2 Å². The summed E-state index contributed by atoms with van der Waals surface area (Å²) in [4.78, 5) is 56.8. The molecule has 258 valence electrons. The number of hydrogen-bond acceptors (Lipinski definition) is 8. The van der Waals surface area contributed by atoms with Gasteiger partial charge in [0.1, 0.15) is 23.9 Å². The third-order valence-corrected chi connectivity index (χ3v) is 7.83. The quantitative estimate of drug-likeness (QED) is 0.0539. The number of carbonyl (C=O) groups excluding carboxylic acids is 4. The molecule has 4 amide bonds. The minimum Gasteiger partial charge on any atom is -0.508 e. The number of phenolic OH excluding ortho intramolecular Hbond substituents is 1. The molecule has 0 aromatic heterocycles. The fourth-order valence-corrected chi connectivity index (χ4v) is 5.12. The lowest BCUT2D eigenvalue weighted by atomic mass is 9.95. The van der Waals surface area contributed by atoms with E-state index in [9.17, 15) is 24.3 Å². The Labute approximate surface area is 276 Å². The smallest absolute Gasteiger partial charge is 0.243 e. The van der Waals surface area contributed by atoms with E-state index in [0.717, 1.165) is 16.7 Å². The van der Waals surface area contributed by atoms with E-state index in [-0.39, 0.29) is 43.9 Å². The van der Waals surface area contributed by atoms with E-state index in [0.29, 0.717) is 36.9 Å². The van der Waals surface area contributed by atoms with Crippen LogP contribution < -0.4 is 44.6 Å². The Hall–Kier alpha value is -4.69. The summed E-state index contributed by atoms with van der Waals surface area (Å²) in [7, 11) is 0. The van der Waals surface area contributed by atoms with Gasteiger partial charge in [0, 0.05) is 19.4 Å². The number of nitrogens with one attached hydrogen (secondary N) is 3. The molecule has 14 nitrogen and oxygen atoms in total. The number of aryl methyl sites for hydroxylation is 3. The molecule has 14 heteroatoms. The zero-order chi connectivity index (χ0) is 35.1. The van der Waals surface area contributed by atoms with Crippen molar-refractivity contribution in [2.24, 2.45) is 33.7 Å². The van der Waals surface area contributed by atoms with Crippen LogP contribution in [0.4, 0.5) is 0 Å². The molecule has 47 heavy (non-hydrogen) atoms. The van der Waals surface area contributed by atoms with E-state index in [1.165, 1.54) is 0 Å². The molecule has 0 heterocycles. The van der Waals surface area contributed by atoms with Gasteiger partial charge < -0.3 is 49.7 Å². The lowest BCUT2D eigenvalue weighted by Gasteiger charge is -2.26. The van der Waals surface area contributed by atoms with Gasteiger partial charge in [0.15, 0.2) is 5.96 Å². The topological polar surface area (TPSA) is 267 Å². The Kier molecular flexibility index (Phi) is 15.6. The highest BCUT2D eigenvalue weighted by atomic mass is 16.3. The van der Waals surface area contributed by atoms with E-state index in [4.69, 9.17) is 28.7 Å². The van der Waals surface area contributed by atoms with Crippen molar-refractivity contribution in [3.63, 3.8) is 0 Å². The molecule has 2 rings (SSSR count). The number of rotatable bonds is 19. The van der Waals surface area contributed by atoms with Crippen LogP contribution in [-0.4, -0.2) is 72.0 Å². The number of hydrogen-bond donors (Lipinski definition) is 9. The Bertz CT molecular complexity index is 1370. The number of nitrogens with two attached hydrogens (primary N) is 5. The molecule has 0 saturated heterocycles. The summed E-state index contributed by atoms with van der Waals surface area (Å²) in [5.74, 6) is -2.50. The third kappa shape index (κ3) is 13.3. The van der Waals surface area contributed by atoms with Gasteiger partial charge in [-0.1, -0.05) is 29.8 Å². The normalized spacial score (nSPS) is 13.5. The van der Waals surface area contributed by atoms with Gasteiger partial charge in [-0.3, -0.25) is 24.2 Å². The number of phenols is 1. The fraction of sp³-hybridized carbons (Fsp3) is 0.485. The molecule has 0 aliphatic carbocycles. The maximum atomic E-state index is 13.9. The van der Waals surface area contributed by atoms with Crippen molar-refractivity contribution >= 4 is 29.6 Å². The first-order valence-electron chi connectivity index (χ1n) is 15.8. The van der Waals surface area contributed by atoms with Crippen molar-refractivity contribution in [1.82, 2.24) is 16.0 Å². The number of nitrogens with zero attached hydrogens (tertiary/aromatic N) is 1. The number of aliphatic imine (C=N–C) groups is 1. The van der Waals surface area contributed by atoms with Gasteiger partial charge in [0.05, 0.1) is 6.04 Å². The maximum Gasteiger partial charge on any atom is 0.243 e. The Balaban J connectivity index is 2.30. The summed E-state index contributed by atoms with van der Waals surface area (Å²) in [6.07, 6.45) is 2.27. The zero-order valence-corrected chi connectivity index (χ0v) is 27.6. The van der Waals surface area contributed by atoms with Crippen LogP contribution in [0.5, 0.6) is 5.75 Å². The summed E-state index contributed by atoms with van der Waals surface area (Å²) < 4.78 is 0. The van der Waals surface area contributed by atoms with Gasteiger partial charge >= 0.3 is 0 Å². The van der Waals surface area contributed by atoms with Crippen LogP contribution in [0.15, 0.2) is 41.4 Å². The average molecular weight is 654 g/mol. The fourth-order valence-electron chi connectivity index (χ4n) is 5.12. The highest BCUT2D eigenvalue weighted by Crippen LogP contribution is 2.22. The second-order valence-electron chi connectivity index (χ2n) is 11.9. The first kappa shape index (κ1) is 38.5. The van der Waals surface area contributed by atoms with Crippen molar-refractivity contribution in [2.75, 3.05) is 13.1 Å². The number of guanidine groups is 1. The van der Waals surface area contributed by atoms with Crippen molar-refractivity contribution in [2.45, 2.75) is 89.9 Å². The highest BCUT2D eigenvalue weighted by Gasteiger charge is 2.30. The van der Waals surface area contributed by atoms with Crippen LogP contribution in [-0.2, 0) is 32.0 Å². The van der Waals surface area contributed by atoms with Crippen LogP contribution in [0.25, 0.3) is 0 Å². The van der Waals surface area contributed by atoms with Crippen molar-refractivity contribution < 1.29 is 24.3 Å². The summed E-state index contributed by atoms with van der Waals surface area (Å²) in [5.41, 5.74) is 32.2. The molecule has 2 aromatic carbocycles. The summed E-state index contributed by atoms with van der Waals surface area (Å²) >= 11 is 0. The number of aromatic hydroxyl groups is 1. The van der Waals surface area contributed by atoms with Gasteiger partial charge in [-0.2, -0.15) is 0 Å². The molecular weight excluding hydrogens is 602 g/mol. The first-order valence-corrected chi connectivity index (χ1v) is 15.8. The first-order chi connectivity index (χ1) is 22.2. The summed E-state index contributed by atoms with van der Waals surface area (Å²) in [6.45, 7) is 6.19. The van der Waals surface area contributed by atoms with Crippen LogP contribution in [0.3, 0.4) is 0 Å². The van der Waals surface area contributed by atoms with Gasteiger partial charge in [0.25, 0.3) is 0 Å². The van der Waals surface area contributed by atoms with Gasteiger partial charge in [-0.25, -0.2) is 0 Å². The number of benzene rings is 2. The standard InChI is InChI=1S/C33H51N9O5/c1-19-9-11-22(12-10-19)17-27(29(36)44)41-31(46)26(8-4-5-13-34)40-32(47)28(18-24-20(2)15-23(43)16-21(24)3)42-30(45)25(35)7-6-14-39-33(37)38/h9-12,15-16,25-28,43H,4-8,13-14,17-18,34-35H2,1-3H3,(H2,36,44)(H,40,47)(H,41,46)(H,42,45)(H4,37,38,39)/t25-,26+,27+,28+/m1/s1. The second-order valence-corrected chi connectivity index (χ2v) is 11.9. The molecule has 4 atom stereocenters. The van der Waals surface area contributed by atoms with E-state index in [1.54, 1.807) is 26.0 Å². The van der Waals surface area contributed by atoms with Gasteiger partial charge in [0.2, 0.25) is 23.6 Å². The van der Waals surface area contributed by atoms with Crippen molar-refractivity contribution in [3.8, 4) is 5.75 Å². The van der Waals surface area contributed by atoms with Crippen molar-refractivity contribution in [1.29, 1.82) is 0 Å². The Morgan fingerprint density at radius 2 is 1.34 bits per heavy atom. The third-order valence-electron chi connectivity index (χ3n) is 7.83. The zero-order valence-electron chi connectivity index (χ0n) is 27.6. The van der Waals surface area contributed by atoms with Crippen LogP contribution in [0.2, 0.25) is 0 Å². The maximum absolute atomic E-state index is 13.9. The molecule has 14 N–H and O–H groups in total. The molecular formula is C33H51N9O5. The Morgan fingerprint density at radius 1 is 0.766 bits per heavy atom. The molecule has 0 radical (unpaired) electrons. The predicted octanol–water partition coefficient (Wildman–Crippen LogP) is -0.448. The van der Waals surface area contributed by atoms with Gasteiger partial charge in [-0.15, -0.1) is 0 Å². The molecule has 0 bridgehead atoms. The predicted molar refractivity (Wildman–Crippen MR) is 182 cm³/mol. The number of unbranched alkanes of at least 4 members (excludes halogenated alkanes) is 1. The molecule has 2 aromatic rings. The van der Waals surface area contributed by atoms with Gasteiger partial charge in [-0.05, 0) is 93.8 Å². The molecule has 0 fully saturated rings. The number of primary amides is 1. The molecule has 0 spiro atoms. The minimum atomic E-state index is -1.13. The SMILES string of the molecule is Cc1ccc(C[C@H](NC(=O)[C@H](CCCCN)NC(=O)[C@H](Cc2c(C)cc(O)cc2C)NC(=O)[C@H](N)CCCN=C(N)N)C(N)=O)cc1. The molecule has 0 saturated carbocycles. The largest absolute Gasteiger partial charge is 0.508 e. The number of carbonyl (C=O) groups is 4. The monoisotopic (exact) mass is 653 g/mol. The second kappa shape index (κ2) is 19.1. The van der Waals surface area contributed by atoms with Crippen LogP contribution in [0, 0.1) is 20.8 Å². The van der Waals surface area contributed by atoms with E-state index < -0.39 is 47.8 Å². The summed E-state index contributed by atoms with van der Waals surface area (Å²) in [5, 5.41) is 18.3. The van der Waals surface area contributed by atoms with E-state index >= 15 is 0 Å². The molecule has 0 aliphatic heterocycles. The highest BCUT2D eigenvalue weighted by molar-refractivity contribution is 5.94. The summed E-state index contributed by atoms with van der Waals surface area (Å²) in [6, 6.07) is 6.47. The minimum absolute atomic E-state index is 0.0602. The Morgan fingerprint density at radius 3 is 1.91 bits per heavy atom. The average Bonchev–Trinajstić information content (AvgIpc) is 3.00. The molecule has 0 unspecified atom stereocenters. The number of amides is 4. The van der Waals surface area contributed by atoms with Crippen LogP contribution >= 0.6 is 0 Å². The molecule has 0 aliphatic rings.